The normalized spacial score (nSPS) is 20.5. The van der Waals surface area contributed by atoms with E-state index < -0.39 is 0 Å². The molecule has 0 bridgehead atoms. The van der Waals surface area contributed by atoms with E-state index >= 15 is 0 Å². The van der Waals surface area contributed by atoms with Gasteiger partial charge in [0.15, 0.2) is 0 Å². The average molecular weight is 182 g/mol. The molecular formula is C11H22N2. The Kier molecular flexibility index (Phi) is 4.46. The lowest BCUT2D eigenvalue weighted by Crippen LogP contribution is -2.41. The molecule has 0 aliphatic carbocycles. The van der Waals surface area contributed by atoms with Crippen LogP contribution in [0, 0.1) is 0 Å². The predicted octanol–water partition coefficient (Wildman–Crippen LogP) is 1.64. The Morgan fingerprint density at radius 1 is 1.46 bits per heavy atom. The Bertz CT molecular complexity index is 157. The minimum absolute atomic E-state index is 0.722. The first kappa shape index (κ1) is 10.7. The van der Waals surface area contributed by atoms with Gasteiger partial charge < -0.3 is 10.2 Å². The highest BCUT2D eigenvalue weighted by atomic mass is 15.1. The van der Waals surface area contributed by atoms with Gasteiger partial charge in [0.1, 0.15) is 0 Å². The number of hydrogen-bond donors (Lipinski definition) is 1. The van der Waals surface area contributed by atoms with E-state index in [-0.39, 0.29) is 0 Å². The molecule has 0 atom stereocenters. The molecule has 1 aliphatic heterocycles. The summed E-state index contributed by atoms with van der Waals surface area (Å²) < 4.78 is 0. The van der Waals surface area contributed by atoms with Crippen LogP contribution >= 0.6 is 0 Å². The molecule has 1 fully saturated rings. The second-order valence-corrected chi connectivity index (χ2v) is 4.06. The van der Waals surface area contributed by atoms with Gasteiger partial charge >= 0.3 is 0 Å². The van der Waals surface area contributed by atoms with Crippen LogP contribution in [0.3, 0.4) is 0 Å². The molecule has 0 aromatic heterocycles. The van der Waals surface area contributed by atoms with Gasteiger partial charge in [-0.1, -0.05) is 19.1 Å². The summed E-state index contributed by atoms with van der Waals surface area (Å²) in [6.07, 6.45) is 3.67. The molecule has 0 amide bonds. The Morgan fingerprint density at radius 2 is 2.08 bits per heavy atom. The van der Waals surface area contributed by atoms with E-state index in [0.717, 1.165) is 19.0 Å². The number of piperidine rings is 1. The van der Waals surface area contributed by atoms with Crippen molar-refractivity contribution in [3.05, 3.63) is 12.2 Å². The molecule has 13 heavy (non-hydrogen) atoms. The molecule has 0 spiro atoms. The summed E-state index contributed by atoms with van der Waals surface area (Å²) in [5.74, 6) is 0. The van der Waals surface area contributed by atoms with Gasteiger partial charge in [-0.15, -0.1) is 0 Å². The molecule has 2 heteroatoms. The van der Waals surface area contributed by atoms with Crippen LogP contribution in [0.4, 0.5) is 0 Å². The van der Waals surface area contributed by atoms with Crippen LogP contribution < -0.4 is 5.32 Å². The summed E-state index contributed by atoms with van der Waals surface area (Å²) in [4.78, 5) is 2.40. The number of rotatable bonds is 4. The average Bonchev–Trinajstić information content (AvgIpc) is 2.16. The monoisotopic (exact) mass is 182 g/mol. The summed E-state index contributed by atoms with van der Waals surface area (Å²) in [6, 6.07) is 0.722. The molecular weight excluding hydrogens is 160 g/mol. The van der Waals surface area contributed by atoms with Gasteiger partial charge in [0.2, 0.25) is 0 Å². The highest BCUT2D eigenvalue weighted by Gasteiger charge is 2.15. The summed E-state index contributed by atoms with van der Waals surface area (Å²) in [6.45, 7) is 9.63. The minimum Gasteiger partial charge on any atom is -0.310 e. The highest BCUT2D eigenvalue weighted by Crippen LogP contribution is 2.08. The van der Waals surface area contributed by atoms with Crippen LogP contribution in [0.5, 0.6) is 0 Å². The summed E-state index contributed by atoms with van der Waals surface area (Å²) >= 11 is 0. The first-order valence-corrected chi connectivity index (χ1v) is 5.31. The van der Waals surface area contributed by atoms with Crippen molar-refractivity contribution in [2.75, 3.05) is 26.7 Å². The fourth-order valence-electron chi connectivity index (χ4n) is 1.63. The maximum absolute atomic E-state index is 4.00. The van der Waals surface area contributed by atoms with Crippen LogP contribution in [0.1, 0.15) is 26.2 Å². The number of likely N-dealkylation sites (tertiary alicyclic amines) is 1. The SMILES string of the molecule is C=C(CC)CNC1CCN(C)CC1. The zero-order valence-corrected chi connectivity index (χ0v) is 8.97. The van der Waals surface area contributed by atoms with E-state index in [4.69, 9.17) is 0 Å². The van der Waals surface area contributed by atoms with E-state index in [1.165, 1.54) is 31.5 Å². The van der Waals surface area contributed by atoms with Crippen LogP contribution in [0.2, 0.25) is 0 Å². The van der Waals surface area contributed by atoms with E-state index in [1.807, 2.05) is 0 Å². The van der Waals surface area contributed by atoms with Crippen molar-refractivity contribution in [2.24, 2.45) is 0 Å². The maximum atomic E-state index is 4.00. The quantitative estimate of drug-likeness (QED) is 0.665. The molecule has 76 valence electrons. The van der Waals surface area contributed by atoms with Crippen molar-refractivity contribution in [3.63, 3.8) is 0 Å². The Hall–Kier alpha value is -0.340. The molecule has 1 aliphatic rings. The van der Waals surface area contributed by atoms with Crippen LogP contribution in [-0.4, -0.2) is 37.6 Å². The highest BCUT2D eigenvalue weighted by molar-refractivity contribution is 4.96. The smallest absolute Gasteiger partial charge is 0.0164 e. The molecule has 0 unspecified atom stereocenters. The van der Waals surface area contributed by atoms with Gasteiger partial charge in [-0.25, -0.2) is 0 Å². The Morgan fingerprint density at radius 3 is 2.62 bits per heavy atom. The lowest BCUT2D eigenvalue weighted by molar-refractivity contribution is 0.237. The second kappa shape index (κ2) is 5.40. The molecule has 0 aromatic rings. The molecule has 1 saturated heterocycles. The van der Waals surface area contributed by atoms with Crippen LogP contribution in [0.25, 0.3) is 0 Å². The topological polar surface area (TPSA) is 15.3 Å². The van der Waals surface area contributed by atoms with Gasteiger partial charge in [0, 0.05) is 12.6 Å². The van der Waals surface area contributed by atoms with Gasteiger partial charge in [0.25, 0.3) is 0 Å². The van der Waals surface area contributed by atoms with Gasteiger partial charge in [-0.2, -0.15) is 0 Å². The summed E-state index contributed by atoms with van der Waals surface area (Å²) in [7, 11) is 2.20. The Balaban J connectivity index is 2.12. The fourth-order valence-corrected chi connectivity index (χ4v) is 1.63. The standard InChI is InChI=1S/C11H22N2/c1-4-10(2)9-12-11-5-7-13(3)8-6-11/h11-12H,2,4-9H2,1,3H3. The van der Waals surface area contributed by atoms with Crippen molar-refractivity contribution in [1.29, 1.82) is 0 Å². The first-order chi connectivity index (χ1) is 6.22. The lowest BCUT2D eigenvalue weighted by Gasteiger charge is -2.29. The largest absolute Gasteiger partial charge is 0.310 e. The number of nitrogens with zero attached hydrogens (tertiary/aromatic N) is 1. The third kappa shape index (κ3) is 3.92. The third-order valence-electron chi connectivity index (χ3n) is 2.86. The number of nitrogens with one attached hydrogen (secondary N) is 1. The second-order valence-electron chi connectivity index (χ2n) is 4.06. The van der Waals surface area contributed by atoms with Crippen molar-refractivity contribution >= 4 is 0 Å². The molecule has 1 rings (SSSR count). The van der Waals surface area contributed by atoms with Gasteiger partial charge in [-0.3, -0.25) is 0 Å². The van der Waals surface area contributed by atoms with E-state index in [0.29, 0.717) is 0 Å². The minimum atomic E-state index is 0.722. The molecule has 0 saturated carbocycles. The lowest BCUT2D eigenvalue weighted by atomic mass is 10.1. The predicted molar refractivity (Wildman–Crippen MR) is 58.0 cm³/mol. The molecule has 0 radical (unpaired) electrons. The van der Waals surface area contributed by atoms with Crippen molar-refractivity contribution < 1.29 is 0 Å². The van der Waals surface area contributed by atoms with Crippen molar-refractivity contribution in [2.45, 2.75) is 32.2 Å². The first-order valence-electron chi connectivity index (χ1n) is 5.31. The molecule has 1 N–H and O–H groups in total. The van der Waals surface area contributed by atoms with Crippen LogP contribution in [0.15, 0.2) is 12.2 Å². The zero-order chi connectivity index (χ0) is 9.68. The van der Waals surface area contributed by atoms with Crippen molar-refractivity contribution in [1.82, 2.24) is 10.2 Å². The van der Waals surface area contributed by atoms with Gasteiger partial charge in [0.05, 0.1) is 0 Å². The molecule has 2 nitrogen and oxygen atoms in total. The summed E-state index contributed by atoms with van der Waals surface area (Å²) in [5, 5.41) is 3.57. The van der Waals surface area contributed by atoms with Gasteiger partial charge in [-0.05, 0) is 39.4 Å². The fraction of sp³-hybridized carbons (Fsp3) is 0.818. The van der Waals surface area contributed by atoms with E-state index in [9.17, 15) is 0 Å². The number of hydrogen-bond acceptors (Lipinski definition) is 2. The third-order valence-corrected chi connectivity index (χ3v) is 2.86. The molecule has 0 aromatic carbocycles. The maximum Gasteiger partial charge on any atom is 0.0164 e. The van der Waals surface area contributed by atoms with Crippen molar-refractivity contribution in [3.8, 4) is 0 Å². The van der Waals surface area contributed by atoms with Crippen LogP contribution in [-0.2, 0) is 0 Å². The zero-order valence-electron chi connectivity index (χ0n) is 8.97. The van der Waals surface area contributed by atoms with E-state index in [1.54, 1.807) is 0 Å². The summed E-state index contributed by atoms with van der Waals surface area (Å²) in [5.41, 5.74) is 1.32. The Labute approximate surface area is 82.0 Å². The van der Waals surface area contributed by atoms with E-state index in [2.05, 4.69) is 30.8 Å². The molecule has 1 heterocycles.